The van der Waals surface area contributed by atoms with E-state index in [-0.39, 0.29) is 28.2 Å². The van der Waals surface area contributed by atoms with Crippen molar-refractivity contribution in [2.24, 2.45) is 0 Å². The molecule has 0 saturated heterocycles. The maximum absolute atomic E-state index is 14.1. The van der Waals surface area contributed by atoms with E-state index < -0.39 is 17.4 Å². The number of ketones is 2. The number of rotatable bonds is 2. The van der Waals surface area contributed by atoms with Crippen molar-refractivity contribution in [2.45, 2.75) is 6.92 Å². The van der Waals surface area contributed by atoms with Gasteiger partial charge in [-0.1, -0.05) is 24.3 Å². The molecule has 2 aromatic carbocycles. The molecule has 0 saturated carbocycles. The SMILES string of the molecule is Cc1ccc(F)c2c1C(=O)/C(=C\c1cc3oc(-c4ccccc4)nc3o1)C2=O. The Morgan fingerprint density at radius 2 is 1.71 bits per heavy atom. The first-order valence-electron chi connectivity index (χ1n) is 8.59. The van der Waals surface area contributed by atoms with Crippen molar-refractivity contribution in [1.82, 2.24) is 4.98 Å². The maximum Gasteiger partial charge on any atom is 0.266 e. The van der Waals surface area contributed by atoms with E-state index in [9.17, 15) is 14.0 Å². The number of aromatic nitrogens is 1. The van der Waals surface area contributed by atoms with E-state index in [4.69, 9.17) is 8.83 Å². The van der Waals surface area contributed by atoms with Gasteiger partial charge in [0.15, 0.2) is 11.4 Å². The standard InChI is InChI=1S/C22H12FNO4/c1-11-7-8-15(23)18-17(11)19(25)14(20(18)26)9-13-10-16-22(27-13)24-21(28-16)12-5-3-2-4-6-12/h2-10H,1H3/b14-9+. The number of nitrogens with zero attached hydrogens (tertiary/aromatic N) is 1. The van der Waals surface area contributed by atoms with Crippen LogP contribution < -0.4 is 0 Å². The number of carbonyl (C=O) groups is 2. The van der Waals surface area contributed by atoms with Gasteiger partial charge in [0.1, 0.15) is 11.6 Å². The normalized spacial score (nSPS) is 15.0. The summed E-state index contributed by atoms with van der Waals surface area (Å²) in [5.74, 6) is -1.21. The first-order chi connectivity index (χ1) is 13.5. The average Bonchev–Trinajstić information content (AvgIpc) is 3.32. The second kappa shape index (κ2) is 5.85. The van der Waals surface area contributed by atoms with Gasteiger partial charge in [-0.25, -0.2) is 4.39 Å². The molecule has 0 fully saturated rings. The molecule has 0 spiro atoms. The summed E-state index contributed by atoms with van der Waals surface area (Å²) < 4.78 is 25.4. The Kier molecular flexibility index (Phi) is 3.42. The molecule has 0 amide bonds. The summed E-state index contributed by atoms with van der Waals surface area (Å²) in [7, 11) is 0. The molecule has 0 aliphatic heterocycles. The Bertz CT molecular complexity index is 1240. The van der Waals surface area contributed by atoms with E-state index in [1.54, 1.807) is 13.0 Å². The van der Waals surface area contributed by atoms with E-state index in [1.165, 1.54) is 18.2 Å². The summed E-state index contributed by atoms with van der Waals surface area (Å²) in [5.41, 5.74) is 1.79. The fourth-order valence-corrected chi connectivity index (χ4v) is 3.37. The Morgan fingerprint density at radius 1 is 0.964 bits per heavy atom. The molecule has 136 valence electrons. The molecular weight excluding hydrogens is 361 g/mol. The summed E-state index contributed by atoms with van der Waals surface area (Å²) in [5, 5.41) is 0. The quantitative estimate of drug-likeness (QED) is 0.365. The molecule has 2 heterocycles. The Morgan fingerprint density at radius 3 is 2.43 bits per heavy atom. The van der Waals surface area contributed by atoms with Crippen LogP contribution in [-0.4, -0.2) is 16.6 Å². The molecule has 0 N–H and O–H groups in total. The lowest BCUT2D eigenvalue weighted by Crippen LogP contribution is -2.00. The minimum Gasteiger partial charge on any atom is -0.436 e. The summed E-state index contributed by atoms with van der Waals surface area (Å²) in [6.45, 7) is 1.67. The third kappa shape index (κ3) is 2.35. The summed E-state index contributed by atoms with van der Waals surface area (Å²) in [6, 6.07) is 13.6. The van der Waals surface area contributed by atoms with Crippen LogP contribution in [0, 0.1) is 12.7 Å². The zero-order valence-corrected chi connectivity index (χ0v) is 14.7. The summed E-state index contributed by atoms with van der Waals surface area (Å²) in [6.07, 6.45) is 1.31. The van der Waals surface area contributed by atoms with E-state index in [0.717, 1.165) is 5.56 Å². The number of Topliss-reactive ketones (excluding diaryl/α,β-unsaturated/α-hetero) is 2. The van der Waals surface area contributed by atoms with Crippen LogP contribution in [0.2, 0.25) is 0 Å². The van der Waals surface area contributed by atoms with Gasteiger partial charge >= 0.3 is 0 Å². The second-order valence-electron chi connectivity index (χ2n) is 6.53. The molecule has 6 heteroatoms. The first kappa shape index (κ1) is 16.4. The molecule has 1 aliphatic carbocycles. The van der Waals surface area contributed by atoms with Crippen molar-refractivity contribution < 1.29 is 22.8 Å². The van der Waals surface area contributed by atoms with Crippen molar-refractivity contribution in [3.05, 3.63) is 82.4 Å². The van der Waals surface area contributed by atoms with Crippen molar-refractivity contribution in [2.75, 3.05) is 0 Å². The van der Waals surface area contributed by atoms with Gasteiger partial charge in [-0.2, -0.15) is 4.98 Å². The zero-order valence-electron chi connectivity index (χ0n) is 14.7. The van der Waals surface area contributed by atoms with Crippen LogP contribution in [0.5, 0.6) is 0 Å². The lowest BCUT2D eigenvalue weighted by molar-refractivity contribution is 0.0989. The van der Waals surface area contributed by atoms with E-state index >= 15 is 0 Å². The zero-order chi connectivity index (χ0) is 19.4. The molecule has 1 aliphatic rings. The van der Waals surface area contributed by atoms with Gasteiger partial charge < -0.3 is 8.83 Å². The van der Waals surface area contributed by atoms with Crippen LogP contribution in [0.4, 0.5) is 4.39 Å². The molecule has 4 aromatic rings. The van der Waals surface area contributed by atoms with Crippen LogP contribution in [0.1, 0.15) is 32.0 Å². The molecule has 0 atom stereocenters. The number of hydrogen-bond acceptors (Lipinski definition) is 5. The van der Waals surface area contributed by atoms with Crippen LogP contribution in [0.25, 0.3) is 28.8 Å². The lowest BCUT2D eigenvalue weighted by Gasteiger charge is -2.00. The molecule has 0 radical (unpaired) electrons. The van der Waals surface area contributed by atoms with Gasteiger partial charge in [-0.3, -0.25) is 9.59 Å². The van der Waals surface area contributed by atoms with Crippen molar-refractivity contribution >= 4 is 28.9 Å². The third-order valence-electron chi connectivity index (χ3n) is 4.72. The van der Waals surface area contributed by atoms with Crippen LogP contribution in [0.3, 0.4) is 0 Å². The minimum absolute atomic E-state index is 0.107. The number of hydrogen-bond donors (Lipinski definition) is 0. The highest BCUT2D eigenvalue weighted by Crippen LogP contribution is 2.33. The largest absolute Gasteiger partial charge is 0.436 e. The van der Waals surface area contributed by atoms with E-state index in [0.29, 0.717) is 17.0 Å². The molecular formula is C22H12FNO4. The van der Waals surface area contributed by atoms with Gasteiger partial charge in [-0.15, -0.1) is 0 Å². The second-order valence-corrected chi connectivity index (χ2v) is 6.53. The number of fused-ring (bicyclic) bond motifs is 2. The Hall–Kier alpha value is -3.80. The number of benzene rings is 2. The molecule has 2 aromatic heterocycles. The van der Waals surface area contributed by atoms with Crippen molar-refractivity contribution in [3.63, 3.8) is 0 Å². The monoisotopic (exact) mass is 373 g/mol. The highest BCUT2D eigenvalue weighted by Gasteiger charge is 2.37. The third-order valence-corrected chi connectivity index (χ3v) is 4.72. The summed E-state index contributed by atoms with van der Waals surface area (Å²) >= 11 is 0. The number of furan rings is 1. The van der Waals surface area contributed by atoms with E-state index in [1.807, 2.05) is 30.3 Å². The Labute approximate surface area is 158 Å². The number of allylic oxidation sites excluding steroid dienone is 1. The number of oxazole rings is 1. The van der Waals surface area contributed by atoms with Crippen LogP contribution in [-0.2, 0) is 0 Å². The van der Waals surface area contributed by atoms with Gasteiger partial charge in [0.05, 0.1) is 11.1 Å². The van der Waals surface area contributed by atoms with Crippen molar-refractivity contribution in [1.29, 1.82) is 0 Å². The topological polar surface area (TPSA) is 73.3 Å². The van der Waals surface area contributed by atoms with Gasteiger partial charge in [-0.05, 0) is 36.8 Å². The lowest BCUT2D eigenvalue weighted by atomic mass is 10.0. The smallest absolute Gasteiger partial charge is 0.266 e. The predicted octanol–water partition coefficient (Wildman–Crippen LogP) is 5.00. The highest BCUT2D eigenvalue weighted by molar-refractivity contribution is 6.41. The number of halogens is 1. The predicted molar refractivity (Wildman–Crippen MR) is 99.5 cm³/mol. The Balaban J connectivity index is 1.55. The minimum atomic E-state index is -0.704. The fourth-order valence-electron chi connectivity index (χ4n) is 3.37. The summed E-state index contributed by atoms with van der Waals surface area (Å²) in [4.78, 5) is 29.5. The molecule has 28 heavy (non-hydrogen) atoms. The maximum atomic E-state index is 14.1. The van der Waals surface area contributed by atoms with Gasteiger partial charge in [0.2, 0.25) is 11.7 Å². The molecule has 0 unspecified atom stereocenters. The fraction of sp³-hybridized carbons (Fsp3) is 0.0455. The highest BCUT2D eigenvalue weighted by atomic mass is 19.1. The van der Waals surface area contributed by atoms with Crippen LogP contribution >= 0.6 is 0 Å². The van der Waals surface area contributed by atoms with Crippen molar-refractivity contribution in [3.8, 4) is 11.5 Å². The molecule has 0 bridgehead atoms. The average molecular weight is 373 g/mol. The van der Waals surface area contributed by atoms with Crippen LogP contribution in [0.15, 0.2) is 62.9 Å². The van der Waals surface area contributed by atoms with Gasteiger partial charge in [0.25, 0.3) is 5.71 Å². The molecule has 5 rings (SSSR count). The number of aryl methyl sites for hydroxylation is 1. The van der Waals surface area contributed by atoms with Gasteiger partial charge in [0, 0.05) is 17.2 Å². The first-order valence-corrected chi connectivity index (χ1v) is 8.59. The molecule has 5 nitrogen and oxygen atoms in total. The van der Waals surface area contributed by atoms with E-state index in [2.05, 4.69) is 4.98 Å². The number of carbonyl (C=O) groups excluding carboxylic acids is 2.